The third-order valence-electron chi connectivity index (χ3n) is 2.14. The molecule has 0 aliphatic carbocycles. The number of alkyl halides is 3. The van der Waals surface area contributed by atoms with Gasteiger partial charge in [0.15, 0.2) is 0 Å². The molecule has 0 fully saturated rings. The Bertz CT molecular complexity index is 492. The second-order valence-electron chi connectivity index (χ2n) is 3.43. The molecule has 0 spiro atoms. The highest BCUT2D eigenvalue weighted by atomic mass is 33.1. The van der Waals surface area contributed by atoms with E-state index in [-0.39, 0.29) is 10.8 Å². The fourth-order valence-electron chi connectivity index (χ4n) is 1.38. The van der Waals surface area contributed by atoms with Crippen LogP contribution in [0.15, 0.2) is 53.4 Å². The molecule has 0 unspecified atom stereocenters. The molecule has 0 amide bonds. The van der Waals surface area contributed by atoms with Gasteiger partial charge in [-0.2, -0.15) is 13.2 Å². The molecule has 0 heterocycles. The number of benzene rings is 2. The zero-order valence-electron chi connectivity index (χ0n) is 9.07. The molecule has 0 nitrogen and oxygen atoms in total. The lowest BCUT2D eigenvalue weighted by Crippen LogP contribution is -1.95. The molecule has 0 aliphatic heterocycles. The maximum Gasteiger partial charge on any atom is 0.452 e. The molecular weight excluding hydrogens is 277 g/mol. The molecule has 93 valence electrons. The molecule has 2 rings (SSSR count). The zero-order valence-corrected chi connectivity index (χ0v) is 10.7. The van der Waals surface area contributed by atoms with Crippen molar-refractivity contribution in [3.63, 3.8) is 0 Å². The molecule has 2 aromatic carbocycles. The summed E-state index contributed by atoms with van der Waals surface area (Å²) in [5.41, 5.74) is -2.21. The van der Waals surface area contributed by atoms with Gasteiger partial charge in [-0.3, -0.25) is 0 Å². The van der Waals surface area contributed by atoms with E-state index in [1.165, 1.54) is 0 Å². The molecule has 0 N–H and O–H groups in total. The van der Waals surface area contributed by atoms with E-state index in [1.54, 1.807) is 24.3 Å². The average molecular weight is 285 g/mol. The predicted molar refractivity (Wildman–Crippen MR) is 70.2 cm³/mol. The summed E-state index contributed by atoms with van der Waals surface area (Å²) in [7, 11) is 0.617. The molecule has 0 saturated carbocycles. The minimum absolute atomic E-state index is 0.1000. The van der Waals surface area contributed by atoms with Gasteiger partial charge in [-0.25, -0.2) is 0 Å². The van der Waals surface area contributed by atoms with Crippen molar-refractivity contribution in [2.75, 3.05) is 0 Å². The third-order valence-corrected chi connectivity index (χ3v) is 4.27. The summed E-state index contributed by atoms with van der Waals surface area (Å²) < 4.78 is 36.1. The van der Waals surface area contributed by atoms with Crippen molar-refractivity contribution in [3.8, 4) is 11.1 Å². The first-order chi connectivity index (χ1) is 8.54. The minimum Gasteiger partial charge on any atom is -0.160 e. The van der Waals surface area contributed by atoms with Crippen LogP contribution in [-0.4, -0.2) is 5.51 Å². The smallest absolute Gasteiger partial charge is 0.160 e. The lowest BCUT2D eigenvalue weighted by molar-refractivity contribution is -0.0311. The summed E-state index contributed by atoms with van der Waals surface area (Å²) in [6.45, 7) is 0. The SMILES string of the molecule is FC(F)(F)SSc1ccc(-c2cc[c]cc2)cc1. The highest BCUT2D eigenvalue weighted by Crippen LogP contribution is 2.43. The van der Waals surface area contributed by atoms with Crippen molar-refractivity contribution in [2.24, 2.45) is 0 Å². The van der Waals surface area contributed by atoms with Crippen molar-refractivity contribution in [3.05, 3.63) is 54.6 Å². The van der Waals surface area contributed by atoms with Gasteiger partial charge in [-0.1, -0.05) is 36.4 Å². The lowest BCUT2D eigenvalue weighted by Gasteiger charge is -2.05. The van der Waals surface area contributed by atoms with Gasteiger partial charge >= 0.3 is 5.51 Å². The van der Waals surface area contributed by atoms with Gasteiger partial charge < -0.3 is 0 Å². The number of rotatable bonds is 3. The molecule has 0 aliphatic rings. The van der Waals surface area contributed by atoms with E-state index in [1.807, 2.05) is 24.3 Å². The van der Waals surface area contributed by atoms with Crippen molar-refractivity contribution in [1.29, 1.82) is 0 Å². The molecule has 2 aromatic rings. The van der Waals surface area contributed by atoms with Crippen LogP contribution in [0.25, 0.3) is 11.1 Å². The third kappa shape index (κ3) is 3.99. The Morgan fingerprint density at radius 3 is 1.94 bits per heavy atom. The van der Waals surface area contributed by atoms with Crippen LogP contribution in [-0.2, 0) is 0 Å². The van der Waals surface area contributed by atoms with E-state index in [9.17, 15) is 13.2 Å². The Morgan fingerprint density at radius 2 is 1.39 bits per heavy atom. The molecular formula is C13H8F3S2. The maximum atomic E-state index is 12.0. The van der Waals surface area contributed by atoms with Crippen molar-refractivity contribution in [1.82, 2.24) is 0 Å². The van der Waals surface area contributed by atoms with Crippen LogP contribution < -0.4 is 0 Å². The van der Waals surface area contributed by atoms with E-state index in [0.29, 0.717) is 15.7 Å². The average Bonchev–Trinajstić information content (AvgIpc) is 2.37. The van der Waals surface area contributed by atoms with Crippen LogP contribution in [0, 0.1) is 6.07 Å². The molecule has 0 saturated heterocycles. The highest BCUT2D eigenvalue weighted by molar-refractivity contribution is 8.77. The largest absolute Gasteiger partial charge is 0.452 e. The highest BCUT2D eigenvalue weighted by Gasteiger charge is 2.29. The van der Waals surface area contributed by atoms with Gasteiger partial charge in [0, 0.05) is 15.7 Å². The molecule has 1 radical (unpaired) electrons. The second-order valence-corrected chi connectivity index (χ2v) is 5.69. The van der Waals surface area contributed by atoms with Gasteiger partial charge in [-0.05, 0) is 40.1 Å². The first-order valence-corrected chi connectivity index (χ1v) is 7.18. The summed E-state index contributed by atoms with van der Waals surface area (Å²) in [6.07, 6.45) is 0. The van der Waals surface area contributed by atoms with Crippen molar-refractivity contribution >= 4 is 21.6 Å². The monoisotopic (exact) mass is 285 g/mol. The lowest BCUT2D eigenvalue weighted by atomic mass is 10.1. The Hall–Kier alpha value is -1.07. The fourth-order valence-corrected chi connectivity index (χ4v) is 2.72. The van der Waals surface area contributed by atoms with Gasteiger partial charge in [-0.15, -0.1) is 0 Å². The maximum absolute atomic E-state index is 12.0. The van der Waals surface area contributed by atoms with Crippen LogP contribution in [0.3, 0.4) is 0 Å². The van der Waals surface area contributed by atoms with E-state index < -0.39 is 5.51 Å². The fraction of sp³-hybridized carbons (Fsp3) is 0.0769. The van der Waals surface area contributed by atoms with Gasteiger partial charge in [0.05, 0.1) is 0 Å². The first kappa shape index (κ1) is 13.4. The Kier molecular flexibility index (Phi) is 4.24. The Balaban J connectivity index is 2.07. The predicted octanol–water partition coefficient (Wildman–Crippen LogP) is 5.41. The molecule has 0 aromatic heterocycles. The number of hydrogen-bond donors (Lipinski definition) is 0. The van der Waals surface area contributed by atoms with E-state index in [0.717, 1.165) is 11.1 Å². The zero-order chi connectivity index (χ0) is 13.0. The minimum atomic E-state index is -4.21. The topological polar surface area (TPSA) is 0 Å². The summed E-state index contributed by atoms with van der Waals surface area (Å²) in [5.74, 6) is 0. The Labute approximate surface area is 111 Å². The van der Waals surface area contributed by atoms with Gasteiger partial charge in [0.1, 0.15) is 0 Å². The van der Waals surface area contributed by atoms with E-state index in [2.05, 4.69) is 6.07 Å². The second kappa shape index (κ2) is 5.71. The summed E-state index contributed by atoms with van der Waals surface area (Å²) in [6, 6.07) is 17.4. The van der Waals surface area contributed by atoms with E-state index in [4.69, 9.17) is 0 Å². The molecule has 18 heavy (non-hydrogen) atoms. The molecule has 0 atom stereocenters. The quantitative estimate of drug-likeness (QED) is 0.691. The number of hydrogen-bond acceptors (Lipinski definition) is 2. The normalized spacial score (nSPS) is 11.5. The van der Waals surface area contributed by atoms with Gasteiger partial charge in [0.25, 0.3) is 0 Å². The van der Waals surface area contributed by atoms with Crippen LogP contribution in [0.1, 0.15) is 0 Å². The summed E-state index contributed by atoms with van der Waals surface area (Å²) in [4.78, 5) is 0.587. The molecule has 0 bridgehead atoms. The summed E-state index contributed by atoms with van der Waals surface area (Å²) in [5, 5.41) is 0. The van der Waals surface area contributed by atoms with Crippen LogP contribution in [0.2, 0.25) is 0 Å². The molecule has 5 heteroatoms. The summed E-state index contributed by atoms with van der Waals surface area (Å²) >= 11 is 0. The van der Waals surface area contributed by atoms with Gasteiger partial charge in [0.2, 0.25) is 0 Å². The van der Waals surface area contributed by atoms with Crippen molar-refractivity contribution in [2.45, 2.75) is 10.4 Å². The van der Waals surface area contributed by atoms with Crippen LogP contribution in [0.4, 0.5) is 13.2 Å². The van der Waals surface area contributed by atoms with Crippen LogP contribution in [0.5, 0.6) is 0 Å². The standard InChI is InChI=1S/C13H8F3S2/c14-13(15,16)18-17-12-8-6-11(7-9-12)10-4-2-1-3-5-10/h2-9H. The first-order valence-electron chi connectivity index (χ1n) is 5.03. The number of halogens is 3. The van der Waals surface area contributed by atoms with Crippen LogP contribution >= 0.6 is 21.6 Å². The van der Waals surface area contributed by atoms with Crippen molar-refractivity contribution < 1.29 is 13.2 Å². The van der Waals surface area contributed by atoms with E-state index >= 15 is 0 Å². The Morgan fingerprint density at radius 1 is 0.833 bits per heavy atom.